The van der Waals surface area contributed by atoms with Gasteiger partial charge < -0.3 is 21.3 Å². The Balaban J connectivity index is 1.38. The first-order chi connectivity index (χ1) is 23.0. The van der Waals surface area contributed by atoms with Gasteiger partial charge in [0, 0.05) is 50.0 Å². The number of hydrogen-bond donors (Lipinski definition) is 4. The van der Waals surface area contributed by atoms with E-state index < -0.39 is 23.7 Å². The molecular weight excluding hydrogens is 621 g/mol. The zero-order valence-electron chi connectivity index (χ0n) is 26.8. The van der Waals surface area contributed by atoms with Gasteiger partial charge in [-0.05, 0) is 66.7 Å². The number of carbonyl (C=O) groups excluding carboxylic acids is 2. The average Bonchev–Trinajstić information content (AvgIpc) is 3.04. The minimum Gasteiger partial charge on any atom is -0.353 e. The molecule has 1 aliphatic heterocycles. The van der Waals surface area contributed by atoms with Crippen LogP contribution in [0.2, 0.25) is 0 Å². The van der Waals surface area contributed by atoms with Crippen molar-refractivity contribution in [3.63, 3.8) is 0 Å². The van der Waals surface area contributed by atoms with Crippen molar-refractivity contribution in [2.24, 2.45) is 0 Å². The summed E-state index contributed by atoms with van der Waals surface area (Å²) >= 11 is 0. The van der Waals surface area contributed by atoms with Gasteiger partial charge in [0.25, 0.3) is 0 Å². The zero-order valence-corrected chi connectivity index (χ0v) is 26.8. The van der Waals surface area contributed by atoms with Crippen LogP contribution >= 0.6 is 0 Å². The van der Waals surface area contributed by atoms with Crippen LogP contribution in [0.25, 0.3) is 0 Å². The van der Waals surface area contributed by atoms with E-state index in [0.717, 1.165) is 41.2 Å². The van der Waals surface area contributed by atoms with Gasteiger partial charge in [0.2, 0.25) is 11.8 Å². The van der Waals surface area contributed by atoms with E-state index in [4.69, 9.17) is 0 Å². The van der Waals surface area contributed by atoms with E-state index in [2.05, 4.69) is 36.1 Å². The molecule has 3 aromatic carbocycles. The molecule has 5 rings (SSSR count). The van der Waals surface area contributed by atoms with Crippen molar-refractivity contribution in [3.8, 4) is 0 Å². The second-order valence-corrected chi connectivity index (χ2v) is 11.8. The van der Waals surface area contributed by atoms with Crippen molar-refractivity contribution in [1.82, 2.24) is 30.4 Å². The van der Waals surface area contributed by atoms with Gasteiger partial charge in [0.1, 0.15) is 24.0 Å². The molecule has 0 aliphatic carbocycles. The van der Waals surface area contributed by atoms with Crippen LogP contribution in [0.3, 0.4) is 0 Å². The number of anilines is 4. The maximum atomic E-state index is 13.4. The molecule has 0 spiro atoms. The van der Waals surface area contributed by atoms with Crippen LogP contribution < -0.4 is 21.3 Å². The van der Waals surface area contributed by atoms with Crippen LogP contribution in [-0.4, -0.2) is 70.9 Å². The number of carbonyl (C=O) groups is 2. The molecule has 48 heavy (non-hydrogen) atoms. The third-order valence-electron chi connectivity index (χ3n) is 7.89. The Morgan fingerprint density at radius 2 is 1.46 bits per heavy atom. The van der Waals surface area contributed by atoms with Gasteiger partial charge in [0.15, 0.2) is 0 Å². The van der Waals surface area contributed by atoms with E-state index in [1.165, 1.54) is 18.5 Å². The second-order valence-electron chi connectivity index (χ2n) is 11.8. The smallest absolute Gasteiger partial charge is 0.353 e. The predicted molar refractivity (Wildman–Crippen MR) is 179 cm³/mol. The van der Waals surface area contributed by atoms with Crippen LogP contribution in [-0.2, 0) is 35.3 Å². The largest absolute Gasteiger partial charge is 0.416 e. The Kier molecular flexibility index (Phi) is 11.2. The molecule has 1 atom stereocenters. The molecule has 1 unspecified atom stereocenters. The minimum absolute atomic E-state index is 0.00250. The van der Waals surface area contributed by atoms with Crippen LogP contribution in [0.1, 0.15) is 29.2 Å². The van der Waals surface area contributed by atoms with Crippen LogP contribution in [0.5, 0.6) is 0 Å². The monoisotopic (exact) mass is 660 g/mol. The summed E-state index contributed by atoms with van der Waals surface area (Å²) in [5.74, 6) is 0.452. The third kappa shape index (κ3) is 9.99. The van der Waals surface area contributed by atoms with E-state index in [-0.39, 0.29) is 18.9 Å². The number of hydrogen-bond acceptors (Lipinski definition) is 8. The highest BCUT2D eigenvalue weighted by Gasteiger charge is 2.30. The summed E-state index contributed by atoms with van der Waals surface area (Å²) in [5.41, 5.74) is 3.40. The molecule has 10 nitrogen and oxygen atoms in total. The van der Waals surface area contributed by atoms with Crippen molar-refractivity contribution < 1.29 is 22.8 Å². The Hall–Kier alpha value is -5.01. The number of nitrogens with one attached hydrogen (secondary N) is 4. The van der Waals surface area contributed by atoms with Gasteiger partial charge >= 0.3 is 6.18 Å². The lowest BCUT2D eigenvalue weighted by atomic mass is 10.0. The summed E-state index contributed by atoms with van der Waals surface area (Å²) in [7, 11) is 1.79. The van der Waals surface area contributed by atoms with Crippen LogP contribution in [0.15, 0.2) is 85.2 Å². The Bertz CT molecular complexity index is 1700. The fraction of sp³-hybridized carbons (Fsp3) is 0.314. The van der Waals surface area contributed by atoms with Gasteiger partial charge in [-0.1, -0.05) is 43.3 Å². The Morgan fingerprint density at radius 1 is 0.833 bits per heavy atom. The number of nitrogens with zero attached hydrogens (tertiary/aromatic N) is 4. The summed E-state index contributed by atoms with van der Waals surface area (Å²) in [5, 5.41) is 12.4. The molecular formula is C35H39F3N8O2. The van der Waals surface area contributed by atoms with Gasteiger partial charge in [-0.25, -0.2) is 9.97 Å². The van der Waals surface area contributed by atoms with E-state index in [1.54, 1.807) is 7.05 Å². The number of likely N-dealkylation sites (N-methyl/N-ethyl adjacent to an activating group) is 2. The number of fused-ring (bicyclic) bond motifs is 6. The third-order valence-corrected chi connectivity index (χ3v) is 7.89. The van der Waals surface area contributed by atoms with Crippen molar-refractivity contribution in [3.05, 3.63) is 107 Å². The van der Waals surface area contributed by atoms with E-state index in [9.17, 15) is 22.8 Å². The molecule has 0 saturated heterocycles. The second kappa shape index (κ2) is 15.7. The first-order valence-corrected chi connectivity index (χ1v) is 15.7. The van der Waals surface area contributed by atoms with Crippen molar-refractivity contribution >= 4 is 34.8 Å². The van der Waals surface area contributed by atoms with E-state index in [1.807, 2.05) is 66.4 Å². The molecule has 1 aliphatic rings. The van der Waals surface area contributed by atoms with Gasteiger partial charge in [-0.3, -0.25) is 19.4 Å². The van der Waals surface area contributed by atoms with Crippen LogP contribution in [0, 0.1) is 0 Å². The summed E-state index contributed by atoms with van der Waals surface area (Å²) < 4.78 is 39.4. The first-order valence-electron chi connectivity index (χ1n) is 15.7. The zero-order chi connectivity index (χ0) is 34.1. The van der Waals surface area contributed by atoms with E-state index in [0.29, 0.717) is 43.4 Å². The number of benzene rings is 3. The SMILES string of the molecule is CCN1CCNC(=O)C(Cc2ccc(C(F)(F)F)cc2)NC(=O)CN(C)Cc2cccc(c2)Nc2cc(ncn2)Nc2cccc(c2)C1. The summed E-state index contributed by atoms with van der Waals surface area (Å²) in [6, 6.07) is 21.2. The highest BCUT2D eigenvalue weighted by molar-refractivity contribution is 5.88. The molecule has 2 heterocycles. The topological polar surface area (TPSA) is 115 Å². The average molecular weight is 661 g/mol. The number of halogens is 3. The van der Waals surface area contributed by atoms with Gasteiger partial charge in [-0.2, -0.15) is 13.2 Å². The fourth-order valence-corrected chi connectivity index (χ4v) is 5.48. The lowest BCUT2D eigenvalue weighted by molar-refractivity contribution is -0.137. The number of amides is 2. The van der Waals surface area contributed by atoms with Gasteiger partial charge in [0.05, 0.1) is 12.1 Å². The molecule has 252 valence electrons. The van der Waals surface area contributed by atoms with Crippen molar-refractivity contribution in [2.45, 2.75) is 38.7 Å². The van der Waals surface area contributed by atoms with Gasteiger partial charge in [-0.15, -0.1) is 0 Å². The summed E-state index contributed by atoms with van der Waals surface area (Å²) in [6.07, 6.45) is -2.94. The summed E-state index contributed by atoms with van der Waals surface area (Å²) in [4.78, 5) is 39.3. The van der Waals surface area contributed by atoms with Crippen molar-refractivity contribution in [2.75, 3.05) is 43.9 Å². The molecule has 0 radical (unpaired) electrons. The molecule has 13 heteroatoms. The normalized spacial score (nSPS) is 17.4. The molecule has 1 aromatic heterocycles. The lowest BCUT2D eigenvalue weighted by Crippen LogP contribution is -2.51. The molecule has 0 fully saturated rings. The number of aromatic nitrogens is 2. The quantitative estimate of drug-likeness (QED) is 0.240. The lowest BCUT2D eigenvalue weighted by Gasteiger charge is -2.24. The van der Waals surface area contributed by atoms with Crippen molar-refractivity contribution in [1.29, 1.82) is 0 Å². The summed E-state index contributed by atoms with van der Waals surface area (Å²) in [6.45, 7) is 4.70. The predicted octanol–water partition coefficient (Wildman–Crippen LogP) is 5.09. The van der Waals surface area contributed by atoms with E-state index >= 15 is 0 Å². The van der Waals surface area contributed by atoms with Crippen LogP contribution in [0.4, 0.5) is 36.2 Å². The molecule has 6 bridgehead atoms. The number of rotatable bonds is 3. The number of alkyl halides is 3. The maximum absolute atomic E-state index is 13.4. The molecule has 2 amide bonds. The Labute approximate surface area is 277 Å². The fourth-order valence-electron chi connectivity index (χ4n) is 5.48. The highest BCUT2D eigenvalue weighted by atomic mass is 19.4. The Morgan fingerprint density at radius 3 is 2.06 bits per heavy atom. The molecule has 0 saturated carbocycles. The first kappa shape index (κ1) is 34.3. The molecule has 4 aromatic rings. The maximum Gasteiger partial charge on any atom is 0.416 e. The minimum atomic E-state index is -4.47. The highest BCUT2D eigenvalue weighted by Crippen LogP contribution is 2.29. The standard InChI is InChI=1S/C35H39F3N8O2/c1-3-46-15-14-39-34(48)30(18-24-10-12-27(13-11-24)35(36,37)38)44-33(47)22-45(2)20-25-6-4-8-28(16-25)42-31-19-32(41-23-40-31)43-29-9-5-7-26(17-29)21-46/h4-13,16-17,19,23,30H,3,14-15,18,20-22H2,1-2H3,(H,39,48)(H,44,47)(H2,40,41,42,43). The molecule has 4 N–H and O–H groups in total.